The highest BCUT2D eigenvalue weighted by atomic mass is 16.4. The van der Waals surface area contributed by atoms with Gasteiger partial charge in [-0.3, -0.25) is 48.1 Å². The standard InChI is InChI=1S/C45H68N12O12/c1-24(2)17-31(38(47)63)52-36(60)22-51-40(65)33(19-26-9-6-5-7-10-26)55-44(69)35(23-58)57-43(68)34(20-27-12-14-28(59)15-13-27)56-42(67)32(18-25(3)4)54-41(66)30(11-8-16-50-45(48)49)53-39(64)29(46)21-37(61)62/h5-7,9-10,12-15,24-25,29-35,58-59H,8,11,16-23,46H2,1-4H3,(H2,47,63)(H,51,65)(H,52,60)(H,53,64)(H,54,66)(H,55,69)(H,56,67)(H,57,68)(H,61,62)(H4,48,49,50)/t29-,30+,31-,32+,33+,34+,35-/m0/s1. The van der Waals surface area contributed by atoms with Crippen LogP contribution < -0.4 is 60.2 Å². The summed E-state index contributed by atoms with van der Waals surface area (Å²) in [5.74, 6) is -8.89. The summed E-state index contributed by atoms with van der Waals surface area (Å²) in [4.78, 5) is 122. The molecular weight excluding hydrogens is 901 g/mol. The van der Waals surface area contributed by atoms with Crippen LogP contribution in [-0.4, -0.2) is 136 Å². The SMILES string of the molecule is CC(C)C[C@H](NC(=O)CNC(=O)[C@@H](Cc1ccccc1)NC(=O)[C@H](CO)NC(=O)[C@@H](Cc1ccc(O)cc1)NC(=O)[C@@H](CC(C)C)NC(=O)[C@@H](CCCN=C(N)N)NC(=O)[C@@H](N)CC(=O)O)C(N)=O. The summed E-state index contributed by atoms with van der Waals surface area (Å²) in [5.41, 5.74) is 23.0. The number of aliphatic carboxylic acids is 1. The molecule has 24 heteroatoms. The predicted molar refractivity (Wildman–Crippen MR) is 252 cm³/mol. The fourth-order valence-electron chi connectivity index (χ4n) is 6.71. The number of nitrogens with zero attached hydrogens (tertiary/aromatic N) is 1. The van der Waals surface area contributed by atoms with Crippen molar-refractivity contribution < 1.29 is 58.5 Å². The number of aliphatic imine (C=N–C) groups is 1. The Bertz CT molecular complexity index is 2080. The van der Waals surface area contributed by atoms with E-state index in [2.05, 4.69) is 42.2 Å². The number of carbonyl (C=O) groups excluding carboxylic acids is 8. The minimum Gasteiger partial charge on any atom is -0.508 e. The first-order chi connectivity index (χ1) is 32.5. The molecule has 7 atom stereocenters. The Morgan fingerprint density at radius 1 is 0.594 bits per heavy atom. The van der Waals surface area contributed by atoms with Crippen LogP contribution in [0.1, 0.15) is 70.9 Å². The van der Waals surface area contributed by atoms with Crippen molar-refractivity contribution >= 4 is 59.2 Å². The molecule has 0 spiro atoms. The molecule has 18 N–H and O–H groups in total. The lowest BCUT2D eigenvalue weighted by Crippen LogP contribution is -2.61. The molecule has 380 valence electrons. The molecule has 2 aromatic rings. The van der Waals surface area contributed by atoms with E-state index in [0.717, 1.165) is 0 Å². The lowest BCUT2D eigenvalue weighted by Gasteiger charge is -2.28. The Hall–Kier alpha value is -7.34. The van der Waals surface area contributed by atoms with Gasteiger partial charge in [0.05, 0.1) is 25.6 Å². The van der Waals surface area contributed by atoms with E-state index < -0.39 is 115 Å². The number of carboxylic acid groups (broad SMARTS) is 1. The van der Waals surface area contributed by atoms with Crippen LogP contribution in [0, 0.1) is 11.8 Å². The number of primary amides is 1. The van der Waals surface area contributed by atoms with E-state index in [1.807, 2.05) is 13.8 Å². The average molecular weight is 969 g/mol. The molecule has 0 aliphatic rings. The molecule has 0 saturated carbocycles. The van der Waals surface area contributed by atoms with E-state index in [1.165, 1.54) is 24.3 Å². The first-order valence-electron chi connectivity index (χ1n) is 22.3. The number of carboxylic acids is 1. The number of phenols is 1. The van der Waals surface area contributed by atoms with Crippen molar-refractivity contribution in [3.05, 3.63) is 65.7 Å². The number of amides is 8. The van der Waals surface area contributed by atoms with Crippen LogP contribution in [0.4, 0.5) is 0 Å². The van der Waals surface area contributed by atoms with Gasteiger partial charge in [-0.25, -0.2) is 0 Å². The third-order valence-electron chi connectivity index (χ3n) is 10.2. The Kier molecular flexibility index (Phi) is 24.6. The van der Waals surface area contributed by atoms with E-state index >= 15 is 0 Å². The number of guanidine groups is 1. The zero-order valence-corrected chi connectivity index (χ0v) is 39.2. The summed E-state index contributed by atoms with van der Waals surface area (Å²) in [7, 11) is 0. The molecule has 0 aromatic heterocycles. The maximum Gasteiger partial charge on any atom is 0.305 e. The average Bonchev–Trinajstić information content (AvgIpc) is 3.27. The molecule has 0 unspecified atom stereocenters. The van der Waals surface area contributed by atoms with E-state index in [9.17, 15) is 53.4 Å². The normalized spacial score (nSPS) is 14.0. The number of aromatic hydroxyl groups is 1. The second-order valence-corrected chi connectivity index (χ2v) is 17.2. The van der Waals surface area contributed by atoms with Gasteiger partial charge >= 0.3 is 5.97 Å². The largest absolute Gasteiger partial charge is 0.508 e. The zero-order chi connectivity index (χ0) is 51.8. The Morgan fingerprint density at radius 3 is 1.61 bits per heavy atom. The van der Waals surface area contributed by atoms with Gasteiger partial charge in [-0.2, -0.15) is 0 Å². The molecule has 0 saturated heterocycles. The topological polar surface area (TPSA) is 415 Å². The van der Waals surface area contributed by atoms with Gasteiger partial charge in [-0.05, 0) is 60.8 Å². The van der Waals surface area contributed by atoms with Crippen LogP contribution in [0.3, 0.4) is 0 Å². The second-order valence-electron chi connectivity index (χ2n) is 17.2. The molecule has 0 radical (unpaired) electrons. The molecule has 24 nitrogen and oxygen atoms in total. The van der Waals surface area contributed by atoms with Crippen molar-refractivity contribution in [2.24, 2.45) is 39.8 Å². The van der Waals surface area contributed by atoms with E-state index in [0.29, 0.717) is 11.1 Å². The molecule has 0 bridgehead atoms. The highest BCUT2D eigenvalue weighted by molar-refractivity contribution is 5.97. The molecule has 8 amide bonds. The van der Waals surface area contributed by atoms with Gasteiger partial charge in [0.1, 0.15) is 42.0 Å². The minimum atomic E-state index is -1.71. The molecular formula is C45H68N12O12. The van der Waals surface area contributed by atoms with Crippen molar-refractivity contribution in [1.29, 1.82) is 0 Å². The monoisotopic (exact) mass is 969 g/mol. The second kappa shape index (κ2) is 29.4. The quantitative estimate of drug-likeness (QED) is 0.0206. The van der Waals surface area contributed by atoms with Crippen LogP contribution in [0.2, 0.25) is 0 Å². The number of carbonyl (C=O) groups is 9. The number of hydrogen-bond acceptors (Lipinski definition) is 13. The molecule has 0 aliphatic heterocycles. The number of nitrogens with one attached hydrogen (secondary N) is 7. The fourth-order valence-corrected chi connectivity index (χ4v) is 6.71. The summed E-state index contributed by atoms with van der Waals surface area (Å²) in [6.45, 7) is 5.65. The lowest BCUT2D eigenvalue weighted by molar-refractivity contribution is -0.140. The first kappa shape index (κ1) is 57.8. The summed E-state index contributed by atoms with van der Waals surface area (Å²) in [5, 5.41) is 46.9. The van der Waals surface area contributed by atoms with Crippen LogP contribution in [0.5, 0.6) is 5.75 Å². The first-order valence-corrected chi connectivity index (χ1v) is 22.3. The summed E-state index contributed by atoms with van der Waals surface area (Å²) < 4.78 is 0. The van der Waals surface area contributed by atoms with Crippen LogP contribution in [0.15, 0.2) is 59.6 Å². The van der Waals surface area contributed by atoms with Gasteiger partial charge in [0.15, 0.2) is 5.96 Å². The summed E-state index contributed by atoms with van der Waals surface area (Å²) >= 11 is 0. The van der Waals surface area contributed by atoms with Gasteiger partial charge in [-0.15, -0.1) is 0 Å². The zero-order valence-electron chi connectivity index (χ0n) is 39.2. The van der Waals surface area contributed by atoms with Crippen molar-refractivity contribution in [2.75, 3.05) is 19.7 Å². The highest BCUT2D eigenvalue weighted by Gasteiger charge is 2.34. The predicted octanol–water partition coefficient (Wildman–Crippen LogP) is -3.37. The maximum atomic E-state index is 14.1. The van der Waals surface area contributed by atoms with Gasteiger partial charge < -0.3 is 75.5 Å². The van der Waals surface area contributed by atoms with Gasteiger partial charge in [0, 0.05) is 19.4 Å². The minimum absolute atomic E-state index is 0.0101. The Morgan fingerprint density at radius 2 is 1.07 bits per heavy atom. The number of phenolic OH excluding ortho intramolecular Hbond substituents is 1. The van der Waals surface area contributed by atoms with Crippen molar-refractivity contribution in [3.8, 4) is 5.75 Å². The molecule has 69 heavy (non-hydrogen) atoms. The number of nitrogens with two attached hydrogens (primary N) is 4. The smallest absolute Gasteiger partial charge is 0.305 e. The number of aliphatic hydroxyl groups excluding tert-OH is 1. The fraction of sp³-hybridized carbons (Fsp3) is 0.511. The van der Waals surface area contributed by atoms with Gasteiger partial charge in [0.2, 0.25) is 47.3 Å². The lowest BCUT2D eigenvalue weighted by atomic mass is 10.00. The third-order valence-corrected chi connectivity index (χ3v) is 10.2. The van der Waals surface area contributed by atoms with Gasteiger partial charge in [0.25, 0.3) is 0 Å². The molecule has 0 aliphatic carbocycles. The van der Waals surface area contributed by atoms with Gasteiger partial charge in [-0.1, -0.05) is 70.2 Å². The van der Waals surface area contributed by atoms with Crippen LogP contribution >= 0.6 is 0 Å². The number of rotatable bonds is 30. The summed E-state index contributed by atoms with van der Waals surface area (Å²) in [6, 6.07) is 4.36. The number of aliphatic hydroxyl groups is 1. The van der Waals surface area contributed by atoms with Crippen LogP contribution in [-0.2, 0) is 56.0 Å². The Balaban J connectivity index is 2.39. The van der Waals surface area contributed by atoms with E-state index in [4.69, 9.17) is 28.0 Å². The highest BCUT2D eigenvalue weighted by Crippen LogP contribution is 2.14. The van der Waals surface area contributed by atoms with Crippen molar-refractivity contribution in [1.82, 2.24) is 37.2 Å². The van der Waals surface area contributed by atoms with E-state index in [-0.39, 0.29) is 68.6 Å². The number of hydrogen-bond donors (Lipinski definition) is 14. The summed E-state index contributed by atoms with van der Waals surface area (Å²) in [6.07, 6.45) is -0.715. The third kappa shape index (κ3) is 22.3. The van der Waals surface area contributed by atoms with Crippen molar-refractivity contribution in [3.63, 3.8) is 0 Å². The molecule has 2 aromatic carbocycles. The molecule has 2 rings (SSSR count). The number of benzene rings is 2. The van der Waals surface area contributed by atoms with Crippen molar-refractivity contribution in [2.45, 2.75) is 115 Å². The van der Waals surface area contributed by atoms with E-state index in [1.54, 1.807) is 44.2 Å². The maximum absolute atomic E-state index is 14.1. The van der Waals surface area contributed by atoms with Crippen LogP contribution in [0.25, 0.3) is 0 Å². The molecule has 0 heterocycles. The Labute approximate surface area is 399 Å². The molecule has 0 fully saturated rings.